The summed E-state index contributed by atoms with van der Waals surface area (Å²) in [6.07, 6.45) is -2.48. The molecule has 0 amide bonds. The average molecular weight is 322 g/mol. The van der Waals surface area contributed by atoms with Gasteiger partial charge in [0.15, 0.2) is 0 Å². The topological polar surface area (TPSA) is 32.3 Å². The van der Waals surface area contributed by atoms with Gasteiger partial charge in [0.1, 0.15) is 0 Å². The highest BCUT2D eigenvalue weighted by molar-refractivity contribution is 5.60. The largest absolute Gasteiger partial charge is 0.416 e. The van der Waals surface area contributed by atoms with Crippen molar-refractivity contribution in [2.75, 3.05) is 37.6 Å². The monoisotopic (exact) mass is 322 g/mol. The van der Waals surface area contributed by atoms with E-state index < -0.39 is 11.7 Å². The molecule has 7 heteroatoms. The van der Waals surface area contributed by atoms with E-state index >= 15 is 0 Å². The van der Waals surface area contributed by atoms with Gasteiger partial charge in [0.2, 0.25) is 5.95 Å². The third-order valence-corrected chi connectivity index (χ3v) is 3.91. The summed E-state index contributed by atoms with van der Waals surface area (Å²) in [5.74, 6) is 0.581. The summed E-state index contributed by atoms with van der Waals surface area (Å²) in [7, 11) is 0. The molecule has 1 fully saturated rings. The van der Waals surface area contributed by atoms with Crippen LogP contribution in [0, 0.1) is 0 Å². The van der Waals surface area contributed by atoms with Gasteiger partial charge in [-0.3, -0.25) is 4.90 Å². The molecule has 4 nitrogen and oxygen atoms in total. The Morgan fingerprint density at radius 3 is 2.04 bits per heavy atom. The minimum atomic E-state index is -4.36. The predicted octanol–water partition coefficient (Wildman–Crippen LogP) is 2.91. The van der Waals surface area contributed by atoms with Gasteiger partial charge in [0, 0.05) is 32.7 Å². The number of halogens is 3. The molecule has 1 saturated heterocycles. The minimum absolute atomic E-state index is 0.476. The van der Waals surface area contributed by atoms with Crippen LogP contribution in [0.25, 0.3) is 11.4 Å². The summed E-state index contributed by atoms with van der Waals surface area (Å²) in [4.78, 5) is 13.1. The second-order valence-electron chi connectivity index (χ2n) is 5.49. The Morgan fingerprint density at radius 1 is 1.00 bits per heavy atom. The van der Waals surface area contributed by atoms with E-state index in [4.69, 9.17) is 0 Å². The van der Waals surface area contributed by atoms with Crippen LogP contribution < -0.4 is 4.90 Å². The number of hydrogen-bond donors (Lipinski definition) is 0. The Kier molecular flexibility index (Phi) is 4.21. The fraction of sp³-hybridized carbons (Fsp3) is 0.375. The van der Waals surface area contributed by atoms with Crippen molar-refractivity contribution >= 4 is 5.95 Å². The molecule has 23 heavy (non-hydrogen) atoms. The van der Waals surface area contributed by atoms with Crippen LogP contribution in [0.15, 0.2) is 36.9 Å². The zero-order valence-corrected chi connectivity index (χ0v) is 12.6. The van der Waals surface area contributed by atoms with Crippen LogP contribution in [-0.4, -0.2) is 47.6 Å². The molecular formula is C16H17F3N4. The standard InChI is InChI=1S/C16H17F3N4/c1-2-7-22-8-10-23(11-9-22)15-20-13-5-3-12(16(17,18)19)4-6-14(13)21-15/h2-6H,1,7-11H2. The number of nitrogens with zero attached hydrogens (tertiary/aromatic N) is 4. The molecular weight excluding hydrogens is 305 g/mol. The lowest BCUT2D eigenvalue weighted by Gasteiger charge is -2.33. The molecule has 0 spiro atoms. The van der Waals surface area contributed by atoms with Crippen LogP contribution in [0.2, 0.25) is 0 Å². The Labute approximate surface area is 132 Å². The van der Waals surface area contributed by atoms with E-state index in [1.807, 2.05) is 6.08 Å². The number of piperazine rings is 1. The molecule has 0 aromatic heterocycles. The second kappa shape index (κ2) is 6.16. The van der Waals surface area contributed by atoms with Gasteiger partial charge >= 0.3 is 6.18 Å². The van der Waals surface area contributed by atoms with E-state index in [0.717, 1.165) is 44.9 Å². The summed E-state index contributed by atoms with van der Waals surface area (Å²) < 4.78 is 38.2. The normalized spacial score (nSPS) is 16.7. The van der Waals surface area contributed by atoms with Crippen LogP contribution >= 0.6 is 0 Å². The lowest BCUT2D eigenvalue weighted by Crippen LogP contribution is -2.46. The molecule has 0 bridgehead atoms. The Hall–Kier alpha value is -2.15. The highest BCUT2D eigenvalue weighted by Gasteiger charge is 2.30. The summed E-state index contributed by atoms with van der Waals surface area (Å²) in [6.45, 7) is 7.96. The van der Waals surface area contributed by atoms with Crippen LogP contribution in [0.1, 0.15) is 5.56 Å². The predicted molar refractivity (Wildman–Crippen MR) is 82.5 cm³/mol. The molecule has 0 N–H and O–H groups in total. The first kappa shape index (κ1) is 15.7. The first-order chi connectivity index (χ1) is 11.0. The summed E-state index contributed by atoms with van der Waals surface area (Å²) in [5.41, 5.74) is 0.255. The fourth-order valence-corrected chi connectivity index (χ4v) is 2.64. The van der Waals surface area contributed by atoms with Crippen molar-refractivity contribution < 1.29 is 13.2 Å². The fourth-order valence-electron chi connectivity index (χ4n) is 2.64. The van der Waals surface area contributed by atoms with Crippen molar-refractivity contribution in [3.63, 3.8) is 0 Å². The van der Waals surface area contributed by atoms with E-state index in [0.29, 0.717) is 17.3 Å². The molecule has 3 rings (SSSR count). The first-order valence-electron chi connectivity index (χ1n) is 7.40. The van der Waals surface area contributed by atoms with E-state index in [9.17, 15) is 13.2 Å². The Balaban J connectivity index is 1.79. The van der Waals surface area contributed by atoms with Gasteiger partial charge in [0.05, 0.1) is 17.0 Å². The van der Waals surface area contributed by atoms with Gasteiger partial charge in [-0.2, -0.15) is 13.2 Å². The molecule has 2 aliphatic heterocycles. The van der Waals surface area contributed by atoms with Crippen molar-refractivity contribution in [3.8, 4) is 11.4 Å². The molecule has 0 aromatic carbocycles. The molecule has 0 aromatic rings. The molecule has 3 aliphatic rings. The van der Waals surface area contributed by atoms with Crippen molar-refractivity contribution in [1.82, 2.24) is 14.9 Å². The van der Waals surface area contributed by atoms with Gasteiger partial charge in [-0.1, -0.05) is 6.08 Å². The number of alkyl halides is 3. The maximum Gasteiger partial charge on any atom is 0.416 e. The molecule has 0 atom stereocenters. The summed E-state index contributed by atoms with van der Waals surface area (Å²) >= 11 is 0. The number of fused-ring (bicyclic) bond motifs is 1. The third-order valence-electron chi connectivity index (χ3n) is 3.91. The van der Waals surface area contributed by atoms with Crippen LogP contribution in [0.4, 0.5) is 19.1 Å². The molecule has 2 heterocycles. The van der Waals surface area contributed by atoms with Crippen molar-refractivity contribution in [1.29, 1.82) is 0 Å². The number of anilines is 1. The van der Waals surface area contributed by atoms with Gasteiger partial charge in [-0.15, -0.1) is 6.58 Å². The van der Waals surface area contributed by atoms with Crippen LogP contribution in [0.5, 0.6) is 0 Å². The van der Waals surface area contributed by atoms with Gasteiger partial charge in [-0.05, 0) is 24.3 Å². The third kappa shape index (κ3) is 3.44. The number of hydrogen-bond acceptors (Lipinski definition) is 4. The second-order valence-corrected chi connectivity index (χ2v) is 5.49. The van der Waals surface area contributed by atoms with E-state index in [1.54, 1.807) is 0 Å². The highest BCUT2D eigenvalue weighted by Crippen LogP contribution is 2.31. The first-order valence-corrected chi connectivity index (χ1v) is 7.40. The molecule has 0 unspecified atom stereocenters. The SMILES string of the molecule is C=CCN1CCN(c2nc3ccc(C(F)(F)F)ccc-3n2)CC1. The van der Waals surface area contributed by atoms with E-state index in [2.05, 4.69) is 26.3 Å². The summed E-state index contributed by atoms with van der Waals surface area (Å²) in [6, 6.07) is 4.84. The average Bonchev–Trinajstić information content (AvgIpc) is 2.80. The Bertz CT molecular complexity index is 629. The Morgan fingerprint density at radius 2 is 1.57 bits per heavy atom. The number of rotatable bonds is 3. The smallest absolute Gasteiger partial charge is 0.338 e. The molecule has 1 aliphatic carbocycles. The maximum absolute atomic E-state index is 12.7. The number of imidazole rings is 1. The zero-order chi connectivity index (χ0) is 16.4. The van der Waals surface area contributed by atoms with Crippen molar-refractivity contribution in [3.05, 3.63) is 42.5 Å². The quantitative estimate of drug-likeness (QED) is 0.814. The van der Waals surface area contributed by atoms with Crippen LogP contribution in [0.3, 0.4) is 0 Å². The van der Waals surface area contributed by atoms with Crippen LogP contribution in [-0.2, 0) is 6.18 Å². The van der Waals surface area contributed by atoms with Crippen molar-refractivity contribution in [2.24, 2.45) is 0 Å². The minimum Gasteiger partial charge on any atom is -0.338 e. The lowest BCUT2D eigenvalue weighted by molar-refractivity contribution is -0.137. The van der Waals surface area contributed by atoms with Gasteiger partial charge in [0.25, 0.3) is 0 Å². The summed E-state index contributed by atoms with van der Waals surface area (Å²) in [5, 5.41) is 0. The van der Waals surface area contributed by atoms with Gasteiger partial charge in [-0.25, -0.2) is 9.97 Å². The molecule has 0 saturated carbocycles. The lowest BCUT2D eigenvalue weighted by atomic mass is 10.3. The van der Waals surface area contributed by atoms with Crippen molar-refractivity contribution in [2.45, 2.75) is 6.18 Å². The zero-order valence-electron chi connectivity index (χ0n) is 12.6. The van der Waals surface area contributed by atoms with Gasteiger partial charge < -0.3 is 4.90 Å². The molecule has 0 radical (unpaired) electrons. The van der Waals surface area contributed by atoms with E-state index in [1.165, 1.54) is 12.1 Å². The molecule has 122 valence electrons. The highest BCUT2D eigenvalue weighted by atomic mass is 19.4. The number of aromatic nitrogens is 2. The van der Waals surface area contributed by atoms with E-state index in [-0.39, 0.29) is 0 Å². The maximum atomic E-state index is 12.7.